The molecule has 1 aromatic heterocycles. The highest BCUT2D eigenvalue weighted by Crippen LogP contribution is 2.29. The minimum atomic E-state index is -0.177. The standard InChI is InChI=1S/C26H30N4O2/c1-20(2)23-17-24(31)30(19-27-23)18-25(32)28-13-15-29(16-14-28)26(21-9-5-3-6-10-21)22-11-7-4-8-12-22/h3-12,17,19-20,26H,13-16,18H2,1-2H3. The van der Waals surface area contributed by atoms with E-state index in [1.165, 1.54) is 28.1 Å². The second-order valence-corrected chi connectivity index (χ2v) is 8.58. The summed E-state index contributed by atoms with van der Waals surface area (Å²) < 4.78 is 1.40. The lowest BCUT2D eigenvalue weighted by molar-refractivity contribution is -0.133. The van der Waals surface area contributed by atoms with Gasteiger partial charge in [-0.25, -0.2) is 4.98 Å². The molecule has 0 N–H and O–H groups in total. The molecule has 0 bridgehead atoms. The van der Waals surface area contributed by atoms with Crippen molar-refractivity contribution in [2.24, 2.45) is 0 Å². The van der Waals surface area contributed by atoms with Crippen LogP contribution in [-0.4, -0.2) is 51.4 Å². The van der Waals surface area contributed by atoms with E-state index in [1.807, 2.05) is 30.9 Å². The number of rotatable bonds is 6. The van der Waals surface area contributed by atoms with Crippen LogP contribution in [0.15, 0.2) is 77.9 Å². The first kappa shape index (κ1) is 22.0. The number of amides is 1. The van der Waals surface area contributed by atoms with Crippen molar-refractivity contribution in [3.05, 3.63) is 100 Å². The van der Waals surface area contributed by atoms with Gasteiger partial charge in [0.2, 0.25) is 5.91 Å². The maximum Gasteiger partial charge on any atom is 0.254 e. The van der Waals surface area contributed by atoms with Crippen molar-refractivity contribution >= 4 is 5.91 Å². The van der Waals surface area contributed by atoms with Crippen LogP contribution in [0.3, 0.4) is 0 Å². The van der Waals surface area contributed by atoms with Crippen molar-refractivity contribution in [3.8, 4) is 0 Å². The molecule has 6 nitrogen and oxygen atoms in total. The Morgan fingerprint density at radius 2 is 1.47 bits per heavy atom. The molecule has 166 valence electrons. The van der Waals surface area contributed by atoms with Crippen molar-refractivity contribution in [2.45, 2.75) is 32.4 Å². The highest BCUT2D eigenvalue weighted by Gasteiger charge is 2.28. The Morgan fingerprint density at radius 3 is 1.97 bits per heavy atom. The molecular weight excluding hydrogens is 400 g/mol. The monoisotopic (exact) mass is 430 g/mol. The summed E-state index contributed by atoms with van der Waals surface area (Å²) in [6, 6.07) is 22.7. The largest absolute Gasteiger partial charge is 0.339 e. The first-order valence-corrected chi connectivity index (χ1v) is 11.2. The first-order chi connectivity index (χ1) is 15.5. The van der Waals surface area contributed by atoms with Gasteiger partial charge in [-0.3, -0.25) is 19.1 Å². The van der Waals surface area contributed by atoms with Gasteiger partial charge in [-0.15, -0.1) is 0 Å². The van der Waals surface area contributed by atoms with Gasteiger partial charge in [-0.1, -0.05) is 74.5 Å². The Bertz CT molecular complexity index is 1050. The lowest BCUT2D eigenvalue weighted by Crippen LogP contribution is -2.51. The second kappa shape index (κ2) is 9.92. The van der Waals surface area contributed by atoms with E-state index in [-0.39, 0.29) is 30.0 Å². The highest BCUT2D eigenvalue weighted by atomic mass is 16.2. The minimum Gasteiger partial charge on any atom is -0.339 e. The lowest BCUT2D eigenvalue weighted by Gasteiger charge is -2.39. The average molecular weight is 431 g/mol. The topological polar surface area (TPSA) is 58.4 Å². The second-order valence-electron chi connectivity index (χ2n) is 8.58. The van der Waals surface area contributed by atoms with Crippen LogP contribution in [0.1, 0.15) is 42.6 Å². The van der Waals surface area contributed by atoms with Gasteiger partial charge in [0.05, 0.1) is 18.1 Å². The molecule has 2 aromatic carbocycles. The van der Waals surface area contributed by atoms with Crippen molar-refractivity contribution in [3.63, 3.8) is 0 Å². The molecular formula is C26H30N4O2. The van der Waals surface area contributed by atoms with Crippen LogP contribution in [0, 0.1) is 0 Å². The third kappa shape index (κ3) is 4.97. The fourth-order valence-electron chi connectivity index (χ4n) is 4.23. The van der Waals surface area contributed by atoms with Crippen LogP contribution >= 0.6 is 0 Å². The number of hydrogen-bond donors (Lipinski definition) is 0. The summed E-state index contributed by atoms with van der Waals surface area (Å²) in [6.07, 6.45) is 1.49. The molecule has 0 unspecified atom stereocenters. The molecule has 1 fully saturated rings. The zero-order valence-corrected chi connectivity index (χ0v) is 18.7. The average Bonchev–Trinajstić information content (AvgIpc) is 2.82. The summed E-state index contributed by atoms with van der Waals surface area (Å²) in [5, 5.41) is 0. The van der Waals surface area contributed by atoms with Gasteiger partial charge in [-0.2, -0.15) is 0 Å². The minimum absolute atomic E-state index is 0.0327. The van der Waals surface area contributed by atoms with Crippen LogP contribution < -0.4 is 5.56 Å². The van der Waals surface area contributed by atoms with Crippen molar-refractivity contribution in [1.82, 2.24) is 19.4 Å². The summed E-state index contributed by atoms with van der Waals surface area (Å²) in [5.74, 6) is 0.144. The molecule has 0 saturated carbocycles. The van der Waals surface area contributed by atoms with Gasteiger partial charge in [0.15, 0.2) is 0 Å². The number of benzene rings is 2. The molecule has 0 aliphatic carbocycles. The predicted molar refractivity (Wildman–Crippen MR) is 125 cm³/mol. The SMILES string of the molecule is CC(C)c1cc(=O)n(CC(=O)N2CCN(C(c3ccccc3)c3ccccc3)CC2)cn1. The smallest absolute Gasteiger partial charge is 0.254 e. The maximum absolute atomic E-state index is 12.9. The van der Waals surface area contributed by atoms with Crippen LogP contribution in [0.5, 0.6) is 0 Å². The Balaban J connectivity index is 1.43. The molecule has 4 rings (SSSR count). The van der Waals surface area contributed by atoms with Crippen molar-refractivity contribution in [1.29, 1.82) is 0 Å². The molecule has 1 saturated heterocycles. The molecule has 0 radical (unpaired) electrons. The summed E-state index contributed by atoms with van der Waals surface area (Å²) in [4.78, 5) is 33.8. The number of carbonyl (C=O) groups excluding carboxylic acids is 1. The third-order valence-electron chi connectivity index (χ3n) is 6.06. The number of carbonyl (C=O) groups is 1. The summed E-state index contributed by atoms with van der Waals surface area (Å²) in [7, 11) is 0. The molecule has 6 heteroatoms. The Morgan fingerprint density at radius 1 is 0.906 bits per heavy atom. The quantitative estimate of drug-likeness (QED) is 0.602. The van der Waals surface area contributed by atoms with Gasteiger partial charge < -0.3 is 4.90 Å². The van der Waals surface area contributed by atoms with Gasteiger partial charge in [-0.05, 0) is 17.0 Å². The molecule has 2 heterocycles. The first-order valence-electron chi connectivity index (χ1n) is 11.2. The van der Waals surface area contributed by atoms with Crippen LogP contribution in [0.2, 0.25) is 0 Å². The van der Waals surface area contributed by atoms with E-state index in [9.17, 15) is 9.59 Å². The van der Waals surface area contributed by atoms with Crippen LogP contribution in [0.4, 0.5) is 0 Å². The molecule has 0 atom stereocenters. The van der Waals surface area contributed by atoms with E-state index in [2.05, 4.69) is 58.4 Å². The normalized spacial score (nSPS) is 14.8. The van der Waals surface area contributed by atoms with Crippen LogP contribution in [0.25, 0.3) is 0 Å². The fraction of sp³-hybridized carbons (Fsp3) is 0.346. The maximum atomic E-state index is 12.9. The van der Waals surface area contributed by atoms with E-state index >= 15 is 0 Å². The number of nitrogens with zero attached hydrogens (tertiary/aromatic N) is 4. The Labute approximate surface area is 189 Å². The zero-order valence-electron chi connectivity index (χ0n) is 18.7. The highest BCUT2D eigenvalue weighted by molar-refractivity contribution is 5.76. The van der Waals surface area contributed by atoms with Gasteiger partial charge in [0.25, 0.3) is 5.56 Å². The molecule has 3 aromatic rings. The molecule has 1 aliphatic rings. The van der Waals surface area contributed by atoms with Gasteiger partial charge in [0.1, 0.15) is 6.54 Å². The van der Waals surface area contributed by atoms with E-state index in [0.29, 0.717) is 13.1 Å². The van der Waals surface area contributed by atoms with Crippen molar-refractivity contribution < 1.29 is 4.79 Å². The summed E-state index contributed by atoms with van der Waals surface area (Å²) in [5.41, 5.74) is 3.08. The van der Waals surface area contributed by atoms with Crippen molar-refractivity contribution in [2.75, 3.05) is 26.2 Å². The molecule has 1 aliphatic heterocycles. The Kier molecular flexibility index (Phi) is 6.81. The lowest BCUT2D eigenvalue weighted by atomic mass is 9.96. The van der Waals surface area contributed by atoms with Gasteiger partial charge >= 0.3 is 0 Å². The molecule has 0 spiro atoms. The molecule has 1 amide bonds. The third-order valence-corrected chi connectivity index (χ3v) is 6.06. The summed E-state index contributed by atoms with van der Waals surface area (Å²) >= 11 is 0. The van der Waals surface area contributed by atoms with E-state index in [0.717, 1.165) is 18.8 Å². The van der Waals surface area contributed by atoms with Crippen LogP contribution in [-0.2, 0) is 11.3 Å². The van der Waals surface area contributed by atoms with E-state index < -0.39 is 0 Å². The number of piperazine rings is 1. The van der Waals surface area contributed by atoms with E-state index in [4.69, 9.17) is 0 Å². The van der Waals surface area contributed by atoms with Gasteiger partial charge in [0, 0.05) is 32.2 Å². The predicted octanol–water partition coefficient (Wildman–Crippen LogP) is 3.30. The molecule has 32 heavy (non-hydrogen) atoms. The Hall–Kier alpha value is -3.25. The number of aromatic nitrogens is 2. The summed E-state index contributed by atoms with van der Waals surface area (Å²) in [6.45, 7) is 6.86. The fourth-order valence-corrected chi connectivity index (χ4v) is 4.23. The number of hydrogen-bond acceptors (Lipinski definition) is 4. The van der Waals surface area contributed by atoms with E-state index in [1.54, 1.807) is 0 Å². The zero-order chi connectivity index (χ0) is 22.5.